The number of ether oxygens (including phenoxy) is 1. The Morgan fingerprint density at radius 1 is 1.35 bits per heavy atom. The highest BCUT2D eigenvalue weighted by Gasteiger charge is 2.33. The van der Waals surface area contributed by atoms with Crippen molar-refractivity contribution in [3.8, 4) is 0 Å². The molecule has 3 N–H and O–H groups in total. The minimum atomic E-state index is -0.0214. The molecule has 4 heteroatoms. The van der Waals surface area contributed by atoms with Gasteiger partial charge in [-0.2, -0.15) is 0 Å². The van der Waals surface area contributed by atoms with Crippen LogP contribution in [0.1, 0.15) is 40.0 Å². The molecule has 2 rings (SSSR count). The Hall–Kier alpha value is -0.160. The molecule has 0 bridgehead atoms. The van der Waals surface area contributed by atoms with Crippen LogP contribution in [0.15, 0.2) is 0 Å². The monoisotopic (exact) mass is 284 g/mol. The first-order chi connectivity index (χ1) is 9.51. The van der Waals surface area contributed by atoms with E-state index in [-0.39, 0.29) is 12.7 Å². The van der Waals surface area contributed by atoms with Crippen molar-refractivity contribution in [3.63, 3.8) is 0 Å². The summed E-state index contributed by atoms with van der Waals surface area (Å²) in [6, 6.07) is 0.775. The number of nitrogens with zero attached hydrogens (tertiary/aromatic N) is 1. The molecule has 20 heavy (non-hydrogen) atoms. The van der Waals surface area contributed by atoms with E-state index in [9.17, 15) is 5.11 Å². The number of hydrogen-bond acceptors (Lipinski definition) is 4. The summed E-state index contributed by atoms with van der Waals surface area (Å²) in [6.45, 7) is 9.62. The minimum absolute atomic E-state index is 0.0214. The van der Waals surface area contributed by atoms with Crippen LogP contribution in [0.3, 0.4) is 0 Å². The Morgan fingerprint density at radius 3 is 2.75 bits per heavy atom. The van der Waals surface area contributed by atoms with Crippen LogP contribution >= 0.6 is 0 Å². The Kier molecular flexibility index (Phi) is 5.84. The fourth-order valence-electron chi connectivity index (χ4n) is 3.68. The zero-order valence-corrected chi connectivity index (χ0v) is 13.3. The smallest absolute Gasteiger partial charge is 0.0933 e. The third-order valence-corrected chi connectivity index (χ3v) is 5.33. The summed E-state index contributed by atoms with van der Waals surface area (Å²) in [4.78, 5) is 2.47. The molecule has 5 atom stereocenters. The molecule has 1 heterocycles. The molecule has 0 aromatic heterocycles. The number of morpholine rings is 1. The molecular weight excluding hydrogens is 252 g/mol. The molecule has 4 nitrogen and oxygen atoms in total. The number of hydrogen-bond donors (Lipinski definition) is 2. The molecule has 0 aromatic rings. The lowest BCUT2D eigenvalue weighted by atomic mass is 9.73. The first-order valence-corrected chi connectivity index (χ1v) is 8.23. The zero-order valence-electron chi connectivity index (χ0n) is 13.3. The van der Waals surface area contributed by atoms with Gasteiger partial charge in [0.1, 0.15) is 0 Å². The van der Waals surface area contributed by atoms with Gasteiger partial charge in [0.25, 0.3) is 0 Å². The number of aliphatic hydroxyl groups is 1. The summed E-state index contributed by atoms with van der Waals surface area (Å²) in [5.41, 5.74) is 6.36. The maximum atomic E-state index is 9.29. The van der Waals surface area contributed by atoms with Crippen molar-refractivity contribution in [2.75, 3.05) is 26.3 Å². The second-order valence-electron chi connectivity index (χ2n) is 7.18. The van der Waals surface area contributed by atoms with E-state index in [4.69, 9.17) is 10.5 Å². The van der Waals surface area contributed by atoms with Gasteiger partial charge in [-0.1, -0.05) is 13.8 Å². The second-order valence-corrected chi connectivity index (χ2v) is 7.18. The van der Waals surface area contributed by atoms with E-state index < -0.39 is 0 Å². The topological polar surface area (TPSA) is 58.7 Å². The molecule has 0 spiro atoms. The molecule has 1 aliphatic heterocycles. The van der Waals surface area contributed by atoms with Crippen LogP contribution < -0.4 is 5.73 Å². The first kappa shape index (κ1) is 16.2. The van der Waals surface area contributed by atoms with Gasteiger partial charge in [0.05, 0.1) is 19.3 Å². The van der Waals surface area contributed by atoms with Crippen molar-refractivity contribution < 1.29 is 9.84 Å². The summed E-state index contributed by atoms with van der Waals surface area (Å²) in [5.74, 6) is 2.18. The van der Waals surface area contributed by atoms with Crippen molar-refractivity contribution in [2.24, 2.45) is 23.5 Å². The molecule has 0 aromatic carbocycles. The lowest BCUT2D eigenvalue weighted by Crippen LogP contribution is -2.53. The summed E-state index contributed by atoms with van der Waals surface area (Å²) in [7, 11) is 0. The Balaban J connectivity index is 1.92. The standard InChI is InChI=1S/C16H32N2O2/c1-11(2)13-4-5-16(17)14(6-13)7-18-8-15(9-19)20-10-12(18)3/h11-16,19H,4-10,17H2,1-3H3. The maximum Gasteiger partial charge on any atom is 0.0933 e. The van der Waals surface area contributed by atoms with Crippen LogP contribution in [0.25, 0.3) is 0 Å². The highest BCUT2D eigenvalue weighted by atomic mass is 16.5. The molecule has 118 valence electrons. The summed E-state index contributed by atoms with van der Waals surface area (Å²) >= 11 is 0. The van der Waals surface area contributed by atoms with Gasteiger partial charge in [0.2, 0.25) is 0 Å². The van der Waals surface area contributed by atoms with E-state index in [1.807, 2.05) is 0 Å². The quantitative estimate of drug-likeness (QED) is 0.821. The normalized spacial score (nSPS) is 40.2. The van der Waals surface area contributed by atoms with E-state index in [1.54, 1.807) is 0 Å². The Bertz CT molecular complexity index is 298. The van der Waals surface area contributed by atoms with Crippen molar-refractivity contribution in [2.45, 2.75) is 58.2 Å². The first-order valence-electron chi connectivity index (χ1n) is 8.23. The summed E-state index contributed by atoms with van der Waals surface area (Å²) < 4.78 is 5.62. The highest BCUT2D eigenvalue weighted by Crippen LogP contribution is 2.34. The SMILES string of the molecule is CC(C)C1CCC(N)C(CN2CC(CO)OCC2C)C1. The van der Waals surface area contributed by atoms with E-state index in [1.165, 1.54) is 12.8 Å². The fraction of sp³-hybridized carbons (Fsp3) is 1.00. The maximum absolute atomic E-state index is 9.29. The predicted octanol–water partition coefficient (Wildman–Crippen LogP) is 1.47. The van der Waals surface area contributed by atoms with Crippen LogP contribution in [-0.2, 0) is 4.74 Å². The van der Waals surface area contributed by atoms with E-state index in [2.05, 4.69) is 25.7 Å². The summed E-state index contributed by atoms with van der Waals surface area (Å²) in [6.07, 6.45) is 3.68. The third-order valence-electron chi connectivity index (χ3n) is 5.33. The third kappa shape index (κ3) is 3.94. The molecule has 0 radical (unpaired) electrons. The fourth-order valence-corrected chi connectivity index (χ4v) is 3.68. The number of rotatable bonds is 4. The largest absolute Gasteiger partial charge is 0.394 e. The highest BCUT2D eigenvalue weighted by molar-refractivity contribution is 4.88. The van der Waals surface area contributed by atoms with E-state index in [0.29, 0.717) is 18.0 Å². The molecule has 1 saturated heterocycles. The van der Waals surface area contributed by atoms with Gasteiger partial charge in [0, 0.05) is 25.2 Å². The number of aliphatic hydroxyl groups excluding tert-OH is 1. The molecule has 0 amide bonds. The lowest BCUT2D eigenvalue weighted by molar-refractivity contribution is -0.0842. The summed E-state index contributed by atoms with van der Waals surface area (Å²) in [5, 5.41) is 9.29. The van der Waals surface area contributed by atoms with Crippen LogP contribution in [0, 0.1) is 17.8 Å². The minimum Gasteiger partial charge on any atom is -0.394 e. The van der Waals surface area contributed by atoms with Gasteiger partial charge in [-0.3, -0.25) is 4.90 Å². The van der Waals surface area contributed by atoms with Crippen molar-refractivity contribution >= 4 is 0 Å². The van der Waals surface area contributed by atoms with Gasteiger partial charge in [0.15, 0.2) is 0 Å². The zero-order chi connectivity index (χ0) is 14.7. The Labute approximate surface area is 123 Å². The molecule has 2 fully saturated rings. The van der Waals surface area contributed by atoms with Gasteiger partial charge < -0.3 is 15.6 Å². The van der Waals surface area contributed by atoms with E-state index >= 15 is 0 Å². The van der Waals surface area contributed by atoms with Crippen molar-refractivity contribution in [1.29, 1.82) is 0 Å². The van der Waals surface area contributed by atoms with Crippen molar-refractivity contribution in [1.82, 2.24) is 4.90 Å². The Morgan fingerprint density at radius 2 is 2.10 bits per heavy atom. The average molecular weight is 284 g/mol. The predicted molar refractivity (Wildman–Crippen MR) is 81.5 cm³/mol. The molecule has 2 aliphatic rings. The van der Waals surface area contributed by atoms with Gasteiger partial charge >= 0.3 is 0 Å². The molecule has 1 saturated carbocycles. The second kappa shape index (κ2) is 7.21. The molecule has 5 unspecified atom stereocenters. The van der Waals surface area contributed by atoms with Crippen LogP contribution in [0.5, 0.6) is 0 Å². The molecular formula is C16H32N2O2. The van der Waals surface area contributed by atoms with Crippen LogP contribution in [0.2, 0.25) is 0 Å². The van der Waals surface area contributed by atoms with Crippen molar-refractivity contribution in [3.05, 3.63) is 0 Å². The van der Waals surface area contributed by atoms with Gasteiger partial charge in [-0.05, 0) is 43.9 Å². The molecule has 1 aliphatic carbocycles. The van der Waals surface area contributed by atoms with Crippen LogP contribution in [-0.4, -0.2) is 54.5 Å². The average Bonchev–Trinajstić information content (AvgIpc) is 2.43. The van der Waals surface area contributed by atoms with Gasteiger partial charge in [-0.15, -0.1) is 0 Å². The van der Waals surface area contributed by atoms with E-state index in [0.717, 1.165) is 38.0 Å². The van der Waals surface area contributed by atoms with Gasteiger partial charge in [-0.25, -0.2) is 0 Å². The lowest BCUT2D eigenvalue weighted by Gasteiger charge is -2.43. The van der Waals surface area contributed by atoms with Crippen LogP contribution in [0.4, 0.5) is 0 Å². The number of nitrogens with two attached hydrogens (primary N) is 1.